The number of unbranched alkanes of at least 4 members (excludes halogenated alkanes) is 4. The van der Waals surface area contributed by atoms with Crippen molar-refractivity contribution in [3.05, 3.63) is 0 Å². The van der Waals surface area contributed by atoms with Gasteiger partial charge in [0.05, 0.1) is 0 Å². The van der Waals surface area contributed by atoms with Gasteiger partial charge in [-0.1, -0.05) is 39.0 Å². The third-order valence-corrected chi connectivity index (χ3v) is 3.24. The average Bonchev–Trinajstić information content (AvgIpc) is 3.05. The number of rotatable bonds is 10. The highest BCUT2D eigenvalue weighted by molar-refractivity contribution is 5.73. The Hall–Kier alpha value is -0.570. The number of carboxylic acid groups (broad SMARTS) is 1. The van der Waals surface area contributed by atoms with E-state index < -0.39 is 5.97 Å². The lowest BCUT2D eigenvalue weighted by Crippen LogP contribution is -2.37. The SMILES string of the molecule is CCCCCCCC(NCC1CC1)C(=O)O. The van der Waals surface area contributed by atoms with Gasteiger partial charge in [-0.2, -0.15) is 0 Å². The van der Waals surface area contributed by atoms with E-state index in [0.29, 0.717) is 0 Å². The second-order valence-corrected chi connectivity index (χ2v) is 4.95. The fourth-order valence-electron chi connectivity index (χ4n) is 1.90. The molecule has 3 heteroatoms. The van der Waals surface area contributed by atoms with Crippen LogP contribution in [0.4, 0.5) is 0 Å². The minimum Gasteiger partial charge on any atom is -0.480 e. The van der Waals surface area contributed by atoms with E-state index in [1.807, 2.05) is 0 Å². The third-order valence-electron chi connectivity index (χ3n) is 3.24. The fraction of sp³-hybridized carbons (Fsp3) is 0.923. The van der Waals surface area contributed by atoms with Crippen LogP contribution >= 0.6 is 0 Å². The molecule has 0 bridgehead atoms. The van der Waals surface area contributed by atoms with Crippen LogP contribution in [0.5, 0.6) is 0 Å². The van der Waals surface area contributed by atoms with Crippen molar-refractivity contribution < 1.29 is 9.90 Å². The van der Waals surface area contributed by atoms with Gasteiger partial charge in [-0.3, -0.25) is 4.79 Å². The lowest BCUT2D eigenvalue weighted by atomic mass is 10.1. The Labute approximate surface area is 98.6 Å². The van der Waals surface area contributed by atoms with E-state index in [1.54, 1.807) is 0 Å². The largest absolute Gasteiger partial charge is 0.480 e. The fourth-order valence-corrected chi connectivity index (χ4v) is 1.90. The van der Waals surface area contributed by atoms with Gasteiger partial charge in [-0.25, -0.2) is 0 Å². The quantitative estimate of drug-likeness (QED) is 0.564. The highest BCUT2D eigenvalue weighted by Gasteiger charge is 2.24. The van der Waals surface area contributed by atoms with Crippen molar-refractivity contribution in [2.45, 2.75) is 64.3 Å². The Morgan fingerprint density at radius 1 is 1.31 bits per heavy atom. The number of aliphatic carboxylic acids is 1. The molecule has 0 heterocycles. The molecule has 0 radical (unpaired) electrons. The van der Waals surface area contributed by atoms with Gasteiger partial charge < -0.3 is 10.4 Å². The van der Waals surface area contributed by atoms with Crippen molar-refractivity contribution >= 4 is 5.97 Å². The van der Waals surface area contributed by atoms with Crippen LogP contribution in [0.15, 0.2) is 0 Å². The second kappa shape index (κ2) is 7.66. The Balaban J connectivity index is 2.04. The van der Waals surface area contributed by atoms with Gasteiger partial charge in [0, 0.05) is 0 Å². The summed E-state index contributed by atoms with van der Waals surface area (Å²) < 4.78 is 0. The van der Waals surface area contributed by atoms with Crippen LogP contribution in [0.1, 0.15) is 58.3 Å². The summed E-state index contributed by atoms with van der Waals surface area (Å²) in [4.78, 5) is 11.0. The first-order valence-electron chi connectivity index (χ1n) is 6.70. The Morgan fingerprint density at radius 3 is 2.56 bits per heavy atom. The smallest absolute Gasteiger partial charge is 0.320 e. The molecular weight excluding hydrogens is 202 g/mol. The molecule has 0 aliphatic heterocycles. The molecule has 94 valence electrons. The predicted molar refractivity (Wildman–Crippen MR) is 65.5 cm³/mol. The molecule has 1 aliphatic carbocycles. The number of nitrogens with one attached hydrogen (secondary N) is 1. The maximum Gasteiger partial charge on any atom is 0.320 e. The van der Waals surface area contributed by atoms with Crippen molar-refractivity contribution in [2.75, 3.05) is 6.54 Å². The molecule has 1 fully saturated rings. The van der Waals surface area contributed by atoms with Gasteiger partial charge >= 0.3 is 5.97 Å². The van der Waals surface area contributed by atoms with Gasteiger partial charge in [0.15, 0.2) is 0 Å². The van der Waals surface area contributed by atoms with Crippen LogP contribution in [0.3, 0.4) is 0 Å². The number of carboxylic acids is 1. The zero-order valence-corrected chi connectivity index (χ0v) is 10.4. The van der Waals surface area contributed by atoms with Gasteiger partial charge in [0.1, 0.15) is 6.04 Å². The maximum absolute atomic E-state index is 11.0. The molecule has 1 unspecified atom stereocenters. The van der Waals surface area contributed by atoms with Crippen molar-refractivity contribution in [1.29, 1.82) is 0 Å². The van der Waals surface area contributed by atoms with Gasteiger partial charge in [0.2, 0.25) is 0 Å². The summed E-state index contributed by atoms with van der Waals surface area (Å²) in [5.74, 6) is 0.0677. The molecule has 16 heavy (non-hydrogen) atoms. The Kier molecular flexibility index (Phi) is 6.46. The van der Waals surface area contributed by atoms with E-state index >= 15 is 0 Å². The van der Waals surface area contributed by atoms with Crippen LogP contribution in [0.25, 0.3) is 0 Å². The molecule has 1 atom stereocenters. The highest BCUT2D eigenvalue weighted by atomic mass is 16.4. The number of carbonyl (C=O) groups is 1. The van der Waals surface area contributed by atoms with E-state index in [4.69, 9.17) is 5.11 Å². The standard InChI is InChI=1S/C13H25NO2/c1-2-3-4-5-6-7-12(13(15)16)14-10-11-8-9-11/h11-12,14H,2-10H2,1H3,(H,15,16). The summed E-state index contributed by atoms with van der Waals surface area (Å²) in [5, 5.41) is 12.2. The molecule has 0 saturated heterocycles. The minimum absolute atomic E-state index is 0.317. The zero-order valence-electron chi connectivity index (χ0n) is 10.4. The van der Waals surface area contributed by atoms with Crippen molar-refractivity contribution in [3.8, 4) is 0 Å². The topological polar surface area (TPSA) is 49.3 Å². The Morgan fingerprint density at radius 2 is 2.00 bits per heavy atom. The van der Waals surface area contributed by atoms with Crippen LogP contribution in [0, 0.1) is 5.92 Å². The summed E-state index contributed by atoms with van der Waals surface area (Å²) in [6.45, 7) is 3.09. The molecule has 0 amide bonds. The first-order valence-corrected chi connectivity index (χ1v) is 6.70. The molecule has 3 nitrogen and oxygen atoms in total. The van der Waals surface area contributed by atoms with Crippen LogP contribution in [-0.4, -0.2) is 23.7 Å². The number of hydrogen-bond donors (Lipinski definition) is 2. The molecule has 0 aromatic carbocycles. The molecular formula is C13H25NO2. The average molecular weight is 227 g/mol. The van der Waals surface area contributed by atoms with Crippen molar-refractivity contribution in [3.63, 3.8) is 0 Å². The Bertz CT molecular complexity index is 202. The van der Waals surface area contributed by atoms with E-state index in [0.717, 1.165) is 25.3 Å². The maximum atomic E-state index is 11.0. The van der Waals surface area contributed by atoms with Gasteiger partial charge in [0.25, 0.3) is 0 Å². The van der Waals surface area contributed by atoms with Gasteiger partial charge in [-0.15, -0.1) is 0 Å². The molecule has 1 saturated carbocycles. The van der Waals surface area contributed by atoms with Crippen molar-refractivity contribution in [2.24, 2.45) is 5.92 Å². The molecule has 1 rings (SSSR count). The summed E-state index contributed by atoms with van der Waals surface area (Å²) in [5.41, 5.74) is 0. The summed E-state index contributed by atoms with van der Waals surface area (Å²) in [6.07, 6.45) is 9.29. The lowest BCUT2D eigenvalue weighted by Gasteiger charge is -2.13. The molecule has 0 aromatic heterocycles. The first kappa shape index (κ1) is 13.5. The molecule has 2 N–H and O–H groups in total. The molecule has 1 aliphatic rings. The predicted octanol–water partition coefficient (Wildman–Crippen LogP) is 2.80. The summed E-state index contributed by atoms with van der Waals surface area (Å²) in [6, 6.07) is -0.317. The lowest BCUT2D eigenvalue weighted by molar-refractivity contribution is -0.139. The monoisotopic (exact) mass is 227 g/mol. The third kappa shape index (κ3) is 6.11. The van der Waals surface area contributed by atoms with E-state index in [1.165, 1.54) is 38.5 Å². The van der Waals surface area contributed by atoms with Crippen molar-refractivity contribution in [1.82, 2.24) is 5.32 Å². The normalized spacial score (nSPS) is 17.3. The van der Waals surface area contributed by atoms with E-state index in [-0.39, 0.29) is 6.04 Å². The van der Waals surface area contributed by atoms with Crippen LogP contribution in [-0.2, 0) is 4.79 Å². The van der Waals surface area contributed by atoms with Crippen LogP contribution in [0.2, 0.25) is 0 Å². The molecule has 0 aromatic rings. The summed E-state index contributed by atoms with van der Waals surface area (Å²) >= 11 is 0. The van der Waals surface area contributed by atoms with E-state index in [2.05, 4.69) is 12.2 Å². The minimum atomic E-state index is -0.684. The van der Waals surface area contributed by atoms with Gasteiger partial charge in [-0.05, 0) is 31.7 Å². The highest BCUT2D eigenvalue weighted by Crippen LogP contribution is 2.27. The number of hydrogen-bond acceptors (Lipinski definition) is 2. The summed E-state index contributed by atoms with van der Waals surface area (Å²) in [7, 11) is 0. The van der Waals surface area contributed by atoms with Crippen LogP contribution < -0.4 is 5.32 Å². The molecule has 0 spiro atoms. The zero-order chi connectivity index (χ0) is 11.8. The second-order valence-electron chi connectivity index (χ2n) is 4.95. The first-order chi connectivity index (χ1) is 7.74. The van der Waals surface area contributed by atoms with E-state index in [9.17, 15) is 4.79 Å².